The van der Waals surface area contributed by atoms with Crippen molar-refractivity contribution < 1.29 is 19.4 Å². The van der Waals surface area contributed by atoms with E-state index < -0.39 is 17.5 Å². The molecule has 3 rings (SSSR count). The number of halogens is 1. The van der Waals surface area contributed by atoms with E-state index in [4.69, 9.17) is 0 Å². The van der Waals surface area contributed by atoms with Crippen molar-refractivity contribution in [2.75, 3.05) is 13.1 Å². The molecule has 1 saturated heterocycles. The molecule has 8 heteroatoms. The molecule has 7 nitrogen and oxygen atoms in total. The third-order valence-corrected chi connectivity index (χ3v) is 5.08. The molecule has 0 bridgehead atoms. The number of benzene rings is 1. The highest BCUT2D eigenvalue weighted by atomic mass is 19.1. The summed E-state index contributed by atoms with van der Waals surface area (Å²) >= 11 is 0. The molecule has 0 unspecified atom stereocenters. The standard InChI is InChI=1S/C18H23FN4O3/c1-2-23-16(20-12-21-23)10-22-8-7-15(24)18(11-22,17(25)26)9-13-3-5-14(19)6-4-13/h3-6,12,15,24H,2,7-11H2,1H3,(H,25,26)/t15-,18-/m1/s1. The molecule has 2 aromatic rings. The van der Waals surface area contributed by atoms with E-state index in [0.717, 1.165) is 5.82 Å². The van der Waals surface area contributed by atoms with Gasteiger partial charge in [-0.15, -0.1) is 0 Å². The van der Waals surface area contributed by atoms with Gasteiger partial charge in [-0.05, 0) is 37.5 Å². The number of piperidine rings is 1. The molecule has 1 aromatic carbocycles. The van der Waals surface area contributed by atoms with Crippen LogP contribution in [0, 0.1) is 11.2 Å². The molecule has 2 heterocycles. The average Bonchev–Trinajstić information content (AvgIpc) is 3.06. The van der Waals surface area contributed by atoms with Crippen LogP contribution in [0.4, 0.5) is 4.39 Å². The predicted octanol–water partition coefficient (Wildman–Crippen LogP) is 1.32. The number of aryl methyl sites for hydroxylation is 1. The minimum absolute atomic E-state index is 0.140. The van der Waals surface area contributed by atoms with Crippen molar-refractivity contribution in [2.45, 2.75) is 39.0 Å². The fourth-order valence-electron chi connectivity index (χ4n) is 3.60. The third-order valence-electron chi connectivity index (χ3n) is 5.08. The number of likely N-dealkylation sites (tertiary alicyclic amines) is 1. The van der Waals surface area contributed by atoms with E-state index in [9.17, 15) is 19.4 Å². The SMILES string of the molecule is CCn1ncnc1CN1CC[C@@H](O)[C@](Cc2ccc(F)cc2)(C(=O)O)C1. The van der Waals surface area contributed by atoms with Gasteiger partial charge in [-0.1, -0.05) is 12.1 Å². The normalized spacial score (nSPS) is 23.9. The van der Waals surface area contributed by atoms with Gasteiger partial charge in [0.05, 0.1) is 12.6 Å². The number of carbonyl (C=O) groups is 1. The highest BCUT2D eigenvalue weighted by molar-refractivity contribution is 5.76. The third kappa shape index (κ3) is 3.61. The highest BCUT2D eigenvalue weighted by Crippen LogP contribution is 2.35. The lowest BCUT2D eigenvalue weighted by atomic mass is 9.73. The smallest absolute Gasteiger partial charge is 0.313 e. The minimum atomic E-state index is -1.34. The van der Waals surface area contributed by atoms with E-state index in [-0.39, 0.29) is 18.8 Å². The maximum atomic E-state index is 13.2. The van der Waals surface area contributed by atoms with Gasteiger partial charge >= 0.3 is 5.97 Å². The number of carboxylic acid groups (broad SMARTS) is 1. The molecular weight excluding hydrogens is 339 g/mol. The Morgan fingerprint density at radius 2 is 2.12 bits per heavy atom. The molecular formula is C18H23FN4O3. The molecule has 140 valence electrons. The van der Waals surface area contributed by atoms with Crippen LogP contribution < -0.4 is 0 Å². The summed E-state index contributed by atoms with van der Waals surface area (Å²) in [6.07, 6.45) is 1.01. The molecule has 1 aliphatic rings. The van der Waals surface area contributed by atoms with Crippen LogP contribution in [0.3, 0.4) is 0 Å². The summed E-state index contributed by atoms with van der Waals surface area (Å²) in [6.45, 7) is 3.90. The molecule has 0 radical (unpaired) electrons. The van der Waals surface area contributed by atoms with Gasteiger partial charge in [-0.2, -0.15) is 5.10 Å². The van der Waals surface area contributed by atoms with Gasteiger partial charge in [-0.3, -0.25) is 9.69 Å². The molecule has 1 fully saturated rings. The zero-order valence-electron chi connectivity index (χ0n) is 14.7. The van der Waals surface area contributed by atoms with Gasteiger partial charge in [0.15, 0.2) is 0 Å². The van der Waals surface area contributed by atoms with Crippen LogP contribution in [0.15, 0.2) is 30.6 Å². The maximum Gasteiger partial charge on any atom is 0.313 e. The van der Waals surface area contributed by atoms with Crippen molar-refractivity contribution in [3.05, 3.63) is 47.8 Å². The highest BCUT2D eigenvalue weighted by Gasteiger charge is 2.49. The Hall–Kier alpha value is -2.32. The number of hydrogen-bond donors (Lipinski definition) is 2. The van der Waals surface area contributed by atoms with Crippen LogP contribution in [0.25, 0.3) is 0 Å². The van der Waals surface area contributed by atoms with Gasteiger partial charge in [0.25, 0.3) is 0 Å². The van der Waals surface area contributed by atoms with Crippen LogP contribution in [0.2, 0.25) is 0 Å². The number of nitrogens with zero attached hydrogens (tertiary/aromatic N) is 4. The molecule has 26 heavy (non-hydrogen) atoms. The lowest BCUT2D eigenvalue weighted by Gasteiger charge is -2.43. The average molecular weight is 362 g/mol. The molecule has 0 saturated carbocycles. The second kappa shape index (κ2) is 7.51. The molecule has 1 aliphatic heterocycles. The number of hydrogen-bond acceptors (Lipinski definition) is 5. The molecule has 1 aromatic heterocycles. The Balaban J connectivity index is 1.82. The largest absolute Gasteiger partial charge is 0.481 e. The number of rotatable bonds is 6. The van der Waals surface area contributed by atoms with Crippen molar-refractivity contribution in [3.63, 3.8) is 0 Å². The first-order valence-electron chi connectivity index (χ1n) is 8.69. The molecule has 0 aliphatic carbocycles. The van der Waals surface area contributed by atoms with Crippen molar-refractivity contribution in [3.8, 4) is 0 Å². The lowest BCUT2D eigenvalue weighted by molar-refractivity contribution is -0.163. The Bertz CT molecular complexity index is 764. The topological polar surface area (TPSA) is 91.5 Å². The lowest BCUT2D eigenvalue weighted by Crippen LogP contribution is -2.57. The monoisotopic (exact) mass is 362 g/mol. The zero-order valence-corrected chi connectivity index (χ0v) is 14.7. The van der Waals surface area contributed by atoms with Gasteiger partial charge in [0.2, 0.25) is 0 Å². The van der Waals surface area contributed by atoms with Gasteiger partial charge in [0.1, 0.15) is 23.4 Å². The molecule has 0 amide bonds. The number of aliphatic hydroxyl groups is 1. The van der Waals surface area contributed by atoms with Crippen LogP contribution in [-0.4, -0.2) is 55.0 Å². The van der Waals surface area contributed by atoms with E-state index in [1.165, 1.54) is 18.5 Å². The number of aromatic nitrogens is 3. The minimum Gasteiger partial charge on any atom is -0.481 e. The summed E-state index contributed by atoms with van der Waals surface area (Å²) in [6, 6.07) is 5.75. The molecule has 2 N–H and O–H groups in total. The first-order valence-corrected chi connectivity index (χ1v) is 8.69. The number of aliphatic hydroxyl groups excluding tert-OH is 1. The van der Waals surface area contributed by atoms with E-state index in [1.54, 1.807) is 16.8 Å². The summed E-state index contributed by atoms with van der Waals surface area (Å²) in [7, 11) is 0. The summed E-state index contributed by atoms with van der Waals surface area (Å²) in [5.41, 5.74) is -0.654. The number of aliphatic carboxylic acids is 1. The van der Waals surface area contributed by atoms with Crippen LogP contribution in [0.1, 0.15) is 24.7 Å². The van der Waals surface area contributed by atoms with E-state index in [1.807, 2.05) is 11.8 Å². The maximum absolute atomic E-state index is 13.2. The fraction of sp³-hybridized carbons (Fsp3) is 0.500. The zero-order chi connectivity index (χ0) is 18.7. The van der Waals surface area contributed by atoms with Crippen molar-refractivity contribution >= 4 is 5.97 Å². The van der Waals surface area contributed by atoms with Crippen LogP contribution in [0.5, 0.6) is 0 Å². The van der Waals surface area contributed by atoms with Crippen molar-refractivity contribution in [1.29, 1.82) is 0 Å². The first kappa shape index (κ1) is 18.5. The van der Waals surface area contributed by atoms with E-state index >= 15 is 0 Å². The Morgan fingerprint density at radius 3 is 2.77 bits per heavy atom. The Morgan fingerprint density at radius 1 is 1.38 bits per heavy atom. The van der Waals surface area contributed by atoms with E-state index in [2.05, 4.69) is 10.1 Å². The van der Waals surface area contributed by atoms with Gasteiger partial charge < -0.3 is 10.2 Å². The number of carboxylic acids is 1. The second-order valence-electron chi connectivity index (χ2n) is 6.77. The van der Waals surface area contributed by atoms with Crippen molar-refractivity contribution in [1.82, 2.24) is 19.7 Å². The quantitative estimate of drug-likeness (QED) is 0.805. The Kier molecular flexibility index (Phi) is 5.33. The van der Waals surface area contributed by atoms with E-state index in [0.29, 0.717) is 31.6 Å². The summed E-state index contributed by atoms with van der Waals surface area (Å²) in [5, 5.41) is 24.6. The molecule has 2 atom stereocenters. The predicted molar refractivity (Wildman–Crippen MR) is 91.8 cm³/mol. The first-order chi connectivity index (χ1) is 12.4. The fourth-order valence-corrected chi connectivity index (χ4v) is 3.60. The van der Waals surface area contributed by atoms with Gasteiger partial charge in [-0.25, -0.2) is 14.1 Å². The molecule has 0 spiro atoms. The second-order valence-corrected chi connectivity index (χ2v) is 6.77. The summed E-state index contributed by atoms with van der Waals surface area (Å²) in [5.74, 6) is -0.649. The Labute approximate surface area is 151 Å². The summed E-state index contributed by atoms with van der Waals surface area (Å²) < 4.78 is 14.9. The van der Waals surface area contributed by atoms with Crippen molar-refractivity contribution in [2.24, 2.45) is 5.41 Å². The van der Waals surface area contributed by atoms with Crippen LogP contribution in [-0.2, 0) is 24.3 Å². The van der Waals surface area contributed by atoms with Crippen LogP contribution >= 0.6 is 0 Å². The van der Waals surface area contributed by atoms with Gasteiger partial charge in [0, 0.05) is 19.6 Å². The summed E-state index contributed by atoms with van der Waals surface area (Å²) in [4.78, 5) is 18.4.